The van der Waals surface area contributed by atoms with Gasteiger partial charge in [-0.05, 0) is 52.8 Å². The van der Waals surface area contributed by atoms with Crippen molar-refractivity contribution in [2.75, 3.05) is 0 Å². The molecule has 2 saturated carbocycles. The molecular weight excluding hydrogens is 363 g/mol. The van der Waals surface area contributed by atoms with Gasteiger partial charge in [0.1, 0.15) is 0 Å². The Morgan fingerprint density at radius 3 is 2.95 bits per heavy atom. The average molecular weight is 382 g/mol. The number of amides is 1. The largest absolute Gasteiger partial charge is 0.273 e. The third-order valence-electron chi connectivity index (χ3n) is 4.90. The highest BCUT2D eigenvalue weighted by atomic mass is 127. The minimum atomic E-state index is 0.0987. The molecule has 20 heavy (non-hydrogen) atoms. The van der Waals surface area contributed by atoms with E-state index >= 15 is 0 Å². The molecule has 3 atom stereocenters. The Morgan fingerprint density at radius 1 is 1.45 bits per heavy atom. The summed E-state index contributed by atoms with van der Waals surface area (Å²) in [4.78, 5) is 12.2. The van der Waals surface area contributed by atoms with Gasteiger partial charge in [-0.15, -0.1) is 0 Å². The SMILES string of the molecule is C[C@]12CCCC[C@@H]1[C@H]2C(=O)N/N=C\c1ccccc1I. The summed E-state index contributed by atoms with van der Waals surface area (Å²) in [5.74, 6) is 0.863. The number of rotatable bonds is 3. The van der Waals surface area contributed by atoms with E-state index in [0.29, 0.717) is 5.92 Å². The van der Waals surface area contributed by atoms with Crippen molar-refractivity contribution < 1.29 is 4.79 Å². The number of benzene rings is 1. The van der Waals surface area contributed by atoms with Crippen molar-refractivity contribution >= 4 is 34.7 Å². The van der Waals surface area contributed by atoms with Crippen LogP contribution < -0.4 is 5.43 Å². The summed E-state index contributed by atoms with van der Waals surface area (Å²) in [6, 6.07) is 7.99. The summed E-state index contributed by atoms with van der Waals surface area (Å²) < 4.78 is 1.13. The molecular formula is C16H19IN2O. The lowest BCUT2D eigenvalue weighted by Gasteiger charge is -2.15. The van der Waals surface area contributed by atoms with Crippen molar-refractivity contribution in [2.45, 2.75) is 32.6 Å². The zero-order valence-electron chi connectivity index (χ0n) is 11.6. The Hall–Kier alpha value is -0.910. The number of hydrogen-bond acceptors (Lipinski definition) is 2. The highest BCUT2D eigenvalue weighted by Crippen LogP contribution is 2.66. The van der Waals surface area contributed by atoms with Crippen molar-refractivity contribution in [3.05, 3.63) is 33.4 Å². The number of carbonyl (C=O) groups is 1. The number of hydrogen-bond donors (Lipinski definition) is 1. The topological polar surface area (TPSA) is 41.5 Å². The summed E-state index contributed by atoms with van der Waals surface area (Å²) in [7, 11) is 0. The molecule has 106 valence electrons. The normalized spacial score (nSPS) is 31.9. The van der Waals surface area contributed by atoms with Crippen LogP contribution in [0.1, 0.15) is 38.2 Å². The van der Waals surface area contributed by atoms with Gasteiger partial charge in [0.2, 0.25) is 5.91 Å². The Balaban J connectivity index is 1.60. The van der Waals surface area contributed by atoms with Crippen LogP contribution in [0, 0.1) is 20.8 Å². The molecule has 0 bridgehead atoms. The fraction of sp³-hybridized carbons (Fsp3) is 0.500. The highest BCUT2D eigenvalue weighted by Gasteiger charge is 2.64. The molecule has 1 aromatic carbocycles. The van der Waals surface area contributed by atoms with Crippen LogP contribution in [0.15, 0.2) is 29.4 Å². The van der Waals surface area contributed by atoms with E-state index in [2.05, 4.69) is 40.0 Å². The number of hydrazone groups is 1. The molecule has 1 aromatic rings. The predicted molar refractivity (Wildman–Crippen MR) is 88.5 cm³/mol. The Morgan fingerprint density at radius 2 is 2.25 bits per heavy atom. The van der Waals surface area contributed by atoms with Gasteiger partial charge in [-0.2, -0.15) is 5.10 Å². The summed E-state index contributed by atoms with van der Waals surface area (Å²) in [6.07, 6.45) is 6.66. The molecule has 2 fully saturated rings. The molecule has 0 unspecified atom stereocenters. The standard InChI is InChI=1S/C16H19IN2O/c1-16-9-5-4-7-12(16)14(16)15(20)19-18-10-11-6-2-3-8-13(11)17/h2-3,6,8,10,12,14H,4-5,7,9H2,1H3,(H,19,20)/b18-10-/t12-,14+,16+/m1/s1. The summed E-state index contributed by atoms with van der Waals surface area (Å²) in [5.41, 5.74) is 4.01. The molecule has 0 heterocycles. The van der Waals surface area contributed by atoms with E-state index in [-0.39, 0.29) is 17.2 Å². The average Bonchev–Trinajstić information content (AvgIpc) is 3.06. The minimum Gasteiger partial charge on any atom is -0.273 e. The second-order valence-electron chi connectivity index (χ2n) is 6.09. The van der Waals surface area contributed by atoms with Crippen LogP contribution >= 0.6 is 22.6 Å². The van der Waals surface area contributed by atoms with E-state index in [4.69, 9.17) is 0 Å². The maximum absolute atomic E-state index is 12.2. The number of fused-ring (bicyclic) bond motifs is 1. The van der Waals surface area contributed by atoms with E-state index in [9.17, 15) is 4.79 Å². The van der Waals surface area contributed by atoms with Crippen LogP contribution in [0.4, 0.5) is 0 Å². The number of nitrogens with zero attached hydrogens (tertiary/aromatic N) is 1. The summed E-state index contributed by atoms with van der Waals surface area (Å²) >= 11 is 2.27. The zero-order valence-corrected chi connectivity index (χ0v) is 13.8. The number of halogens is 1. The Bertz CT molecular complexity index is 557. The molecule has 4 heteroatoms. The van der Waals surface area contributed by atoms with Crippen LogP contribution in [0.5, 0.6) is 0 Å². The van der Waals surface area contributed by atoms with E-state index in [0.717, 1.165) is 9.13 Å². The third-order valence-corrected chi connectivity index (χ3v) is 5.88. The van der Waals surface area contributed by atoms with Gasteiger partial charge < -0.3 is 0 Å². The van der Waals surface area contributed by atoms with Crippen LogP contribution in [0.2, 0.25) is 0 Å². The molecule has 0 spiro atoms. The van der Waals surface area contributed by atoms with Crippen molar-refractivity contribution in [3.8, 4) is 0 Å². The lowest BCUT2D eigenvalue weighted by Crippen LogP contribution is -2.22. The monoisotopic (exact) mass is 382 g/mol. The van der Waals surface area contributed by atoms with Crippen LogP contribution in [0.25, 0.3) is 0 Å². The summed E-state index contributed by atoms with van der Waals surface area (Å²) in [6.45, 7) is 2.25. The van der Waals surface area contributed by atoms with Crippen molar-refractivity contribution in [2.24, 2.45) is 22.4 Å². The maximum Gasteiger partial charge on any atom is 0.244 e. The van der Waals surface area contributed by atoms with E-state index in [1.165, 1.54) is 25.7 Å². The summed E-state index contributed by atoms with van der Waals surface area (Å²) in [5, 5.41) is 4.12. The quantitative estimate of drug-likeness (QED) is 0.485. The fourth-order valence-corrected chi connectivity index (χ4v) is 4.19. The van der Waals surface area contributed by atoms with Gasteiger partial charge in [-0.25, -0.2) is 5.43 Å². The molecule has 2 aliphatic carbocycles. The van der Waals surface area contributed by atoms with Gasteiger partial charge >= 0.3 is 0 Å². The fourth-order valence-electron chi connectivity index (χ4n) is 3.67. The molecule has 2 aliphatic rings. The van der Waals surface area contributed by atoms with Crippen LogP contribution in [-0.4, -0.2) is 12.1 Å². The first-order chi connectivity index (χ1) is 9.63. The number of nitrogens with one attached hydrogen (secondary N) is 1. The molecule has 3 nitrogen and oxygen atoms in total. The molecule has 1 N–H and O–H groups in total. The smallest absolute Gasteiger partial charge is 0.244 e. The van der Waals surface area contributed by atoms with Crippen LogP contribution in [0.3, 0.4) is 0 Å². The second-order valence-corrected chi connectivity index (χ2v) is 7.25. The predicted octanol–water partition coefficient (Wildman–Crippen LogP) is 3.57. The van der Waals surface area contributed by atoms with Gasteiger partial charge in [-0.3, -0.25) is 4.79 Å². The molecule has 0 saturated heterocycles. The van der Waals surface area contributed by atoms with Crippen LogP contribution in [-0.2, 0) is 4.79 Å². The van der Waals surface area contributed by atoms with Crippen molar-refractivity contribution in [1.29, 1.82) is 0 Å². The van der Waals surface area contributed by atoms with Gasteiger partial charge in [0, 0.05) is 15.1 Å². The molecule has 3 rings (SSSR count). The first-order valence-electron chi connectivity index (χ1n) is 7.20. The number of carbonyl (C=O) groups excluding carboxylic acids is 1. The highest BCUT2D eigenvalue weighted by molar-refractivity contribution is 14.1. The maximum atomic E-state index is 12.2. The minimum absolute atomic E-state index is 0.0987. The lowest BCUT2D eigenvalue weighted by molar-refractivity contribution is -0.123. The molecule has 0 aromatic heterocycles. The Labute approximate surface area is 133 Å². The van der Waals surface area contributed by atoms with Gasteiger partial charge in [0.25, 0.3) is 0 Å². The van der Waals surface area contributed by atoms with Gasteiger partial charge in [0.05, 0.1) is 6.21 Å². The first kappa shape index (κ1) is 14.0. The van der Waals surface area contributed by atoms with E-state index in [1.807, 2.05) is 24.3 Å². The molecule has 0 radical (unpaired) electrons. The van der Waals surface area contributed by atoms with Crippen molar-refractivity contribution in [1.82, 2.24) is 5.43 Å². The van der Waals surface area contributed by atoms with E-state index in [1.54, 1.807) is 6.21 Å². The molecule has 1 amide bonds. The Kier molecular flexibility index (Phi) is 3.84. The molecule has 0 aliphatic heterocycles. The zero-order chi connectivity index (χ0) is 14.2. The second kappa shape index (κ2) is 5.47. The van der Waals surface area contributed by atoms with E-state index < -0.39 is 0 Å². The first-order valence-corrected chi connectivity index (χ1v) is 8.28. The van der Waals surface area contributed by atoms with Gasteiger partial charge in [0.15, 0.2) is 0 Å². The van der Waals surface area contributed by atoms with Gasteiger partial charge in [-0.1, -0.05) is 38.0 Å². The van der Waals surface area contributed by atoms with Crippen molar-refractivity contribution in [3.63, 3.8) is 0 Å². The third kappa shape index (κ3) is 2.50. The lowest BCUT2D eigenvalue weighted by atomic mass is 9.90.